The first-order chi connectivity index (χ1) is 11.5. The molecule has 8 heteroatoms. The summed E-state index contributed by atoms with van der Waals surface area (Å²) in [5.41, 5.74) is -2.17. The fraction of sp³-hybridized carbons (Fsp3) is 0.438. The van der Waals surface area contributed by atoms with Crippen molar-refractivity contribution in [2.24, 2.45) is 7.05 Å². The Labute approximate surface area is 139 Å². The Morgan fingerprint density at radius 3 is 2.42 bits per heavy atom. The number of ether oxygens (including phenoxy) is 2. The standard InChI is InChI=1S/C16H21N3O5/c1-5-8-18-14(20)17(4)15(21)19(16(18)22)11-13(24-10-7-3)12-23-9-6-2/h3,5-6,13H,1-2,8-12H2,4H3. The van der Waals surface area contributed by atoms with Crippen LogP contribution in [0.25, 0.3) is 0 Å². The van der Waals surface area contributed by atoms with E-state index in [1.807, 2.05) is 0 Å². The molecule has 8 nitrogen and oxygen atoms in total. The molecule has 1 aromatic rings. The van der Waals surface area contributed by atoms with Gasteiger partial charge in [0.05, 0.1) is 26.3 Å². The summed E-state index contributed by atoms with van der Waals surface area (Å²) >= 11 is 0. The van der Waals surface area contributed by atoms with Gasteiger partial charge in [-0.1, -0.05) is 18.1 Å². The predicted molar refractivity (Wildman–Crippen MR) is 90.0 cm³/mol. The molecule has 0 bridgehead atoms. The van der Waals surface area contributed by atoms with Crippen molar-refractivity contribution >= 4 is 0 Å². The van der Waals surface area contributed by atoms with Crippen LogP contribution in [0.5, 0.6) is 0 Å². The Kier molecular flexibility index (Phi) is 7.68. The third-order valence-corrected chi connectivity index (χ3v) is 3.14. The molecular weight excluding hydrogens is 314 g/mol. The van der Waals surface area contributed by atoms with Crippen LogP contribution in [0.15, 0.2) is 39.7 Å². The number of aromatic nitrogens is 3. The van der Waals surface area contributed by atoms with Crippen molar-refractivity contribution < 1.29 is 9.47 Å². The highest BCUT2D eigenvalue weighted by atomic mass is 16.5. The SMILES string of the molecule is C#CCOC(COCC=C)Cn1c(=O)n(C)c(=O)n(CC=C)c1=O. The zero-order valence-corrected chi connectivity index (χ0v) is 13.6. The Hall–Kier alpha value is -2.63. The number of rotatable bonds is 10. The molecule has 1 heterocycles. The molecular formula is C16H21N3O5. The van der Waals surface area contributed by atoms with Gasteiger partial charge in [-0.15, -0.1) is 19.6 Å². The molecule has 24 heavy (non-hydrogen) atoms. The molecule has 130 valence electrons. The molecule has 0 N–H and O–H groups in total. The highest BCUT2D eigenvalue weighted by Gasteiger charge is 2.17. The zero-order chi connectivity index (χ0) is 18.1. The van der Waals surface area contributed by atoms with Crippen molar-refractivity contribution in [1.29, 1.82) is 0 Å². The minimum atomic E-state index is -0.735. The first-order valence-corrected chi connectivity index (χ1v) is 7.23. The van der Waals surface area contributed by atoms with E-state index in [1.165, 1.54) is 13.1 Å². The minimum Gasteiger partial charge on any atom is -0.375 e. The Balaban J connectivity index is 3.22. The lowest BCUT2D eigenvalue weighted by atomic mass is 10.3. The van der Waals surface area contributed by atoms with Crippen LogP contribution in [0, 0.1) is 12.3 Å². The molecule has 0 spiro atoms. The van der Waals surface area contributed by atoms with Crippen LogP contribution >= 0.6 is 0 Å². The molecule has 0 amide bonds. The van der Waals surface area contributed by atoms with Crippen molar-refractivity contribution in [3.8, 4) is 12.3 Å². The Morgan fingerprint density at radius 1 is 1.17 bits per heavy atom. The fourth-order valence-electron chi connectivity index (χ4n) is 2.00. The van der Waals surface area contributed by atoms with Crippen LogP contribution in [0.3, 0.4) is 0 Å². The van der Waals surface area contributed by atoms with Crippen LogP contribution in [0.1, 0.15) is 0 Å². The topological polar surface area (TPSA) is 84.5 Å². The number of allylic oxidation sites excluding steroid dienone is 1. The van der Waals surface area contributed by atoms with Gasteiger partial charge >= 0.3 is 17.1 Å². The quantitative estimate of drug-likeness (QED) is 0.315. The molecule has 0 aliphatic heterocycles. The average Bonchev–Trinajstić information content (AvgIpc) is 2.58. The van der Waals surface area contributed by atoms with E-state index in [0.717, 1.165) is 13.7 Å². The summed E-state index contributed by atoms with van der Waals surface area (Å²) in [4.78, 5) is 36.6. The molecule has 0 saturated heterocycles. The molecule has 0 aromatic carbocycles. The second kappa shape index (κ2) is 9.50. The van der Waals surface area contributed by atoms with E-state index in [4.69, 9.17) is 15.9 Å². The van der Waals surface area contributed by atoms with Crippen LogP contribution in [-0.2, 0) is 29.6 Å². The van der Waals surface area contributed by atoms with Gasteiger partial charge < -0.3 is 9.47 Å². The van der Waals surface area contributed by atoms with Gasteiger partial charge in [-0.3, -0.25) is 0 Å². The summed E-state index contributed by atoms with van der Waals surface area (Å²) in [7, 11) is 1.30. The van der Waals surface area contributed by atoms with Crippen molar-refractivity contribution in [2.75, 3.05) is 19.8 Å². The molecule has 0 radical (unpaired) electrons. The number of terminal acetylenes is 1. The van der Waals surface area contributed by atoms with E-state index in [2.05, 4.69) is 19.1 Å². The van der Waals surface area contributed by atoms with Crippen molar-refractivity contribution in [3.05, 3.63) is 56.8 Å². The maximum Gasteiger partial charge on any atom is 0.336 e. The van der Waals surface area contributed by atoms with E-state index < -0.39 is 23.2 Å². The molecule has 0 aliphatic rings. The van der Waals surface area contributed by atoms with Gasteiger partial charge in [-0.05, 0) is 0 Å². The van der Waals surface area contributed by atoms with E-state index in [0.29, 0.717) is 6.61 Å². The Morgan fingerprint density at radius 2 is 1.83 bits per heavy atom. The molecule has 0 saturated carbocycles. The maximum absolute atomic E-state index is 12.4. The first-order valence-electron chi connectivity index (χ1n) is 7.23. The maximum atomic E-state index is 12.4. The van der Waals surface area contributed by atoms with E-state index in [9.17, 15) is 14.4 Å². The minimum absolute atomic E-state index is 0.00345. The lowest BCUT2D eigenvalue weighted by Crippen LogP contribution is -2.54. The van der Waals surface area contributed by atoms with Crippen molar-refractivity contribution in [1.82, 2.24) is 13.7 Å². The van der Waals surface area contributed by atoms with E-state index in [1.54, 1.807) is 6.08 Å². The summed E-state index contributed by atoms with van der Waals surface area (Å²) < 4.78 is 13.4. The smallest absolute Gasteiger partial charge is 0.336 e. The highest BCUT2D eigenvalue weighted by Crippen LogP contribution is 1.96. The second-order valence-corrected chi connectivity index (χ2v) is 4.88. The van der Waals surface area contributed by atoms with E-state index >= 15 is 0 Å². The lowest BCUT2D eigenvalue weighted by Gasteiger charge is -2.18. The van der Waals surface area contributed by atoms with Crippen LogP contribution in [0.4, 0.5) is 0 Å². The lowest BCUT2D eigenvalue weighted by molar-refractivity contribution is -0.00666. The van der Waals surface area contributed by atoms with Gasteiger partial charge in [0.25, 0.3) is 0 Å². The largest absolute Gasteiger partial charge is 0.375 e. The average molecular weight is 335 g/mol. The highest BCUT2D eigenvalue weighted by molar-refractivity contribution is 4.85. The summed E-state index contributed by atoms with van der Waals surface area (Å²) in [6.45, 7) is 7.34. The number of hydrogen-bond donors (Lipinski definition) is 0. The molecule has 1 unspecified atom stereocenters. The summed E-state index contributed by atoms with van der Waals surface area (Å²) in [6, 6.07) is 0. The van der Waals surface area contributed by atoms with Gasteiger partial charge in [0, 0.05) is 7.05 Å². The molecule has 1 atom stereocenters. The van der Waals surface area contributed by atoms with Crippen molar-refractivity contribution in [3.63, 3.8) is 0 Å². The summed E-state index contributed by atoms with van der Waals surface area (Å²) in [6.07, 6.45) is 7.51. The summed E-state index contributed by atoms with van der Waals surface area (Å²) in [5.74, 6) is 2.32. The number of hydrogen-bond acceptors (Lipinski definition) is 5. The molecule has 0 fully saturated rings. The first kappa shape index (κ1) is 19.4. The monoisotopic (exact) mass is 335 g/mol. The van der Waals surface area contributed by atoms with Gasteiger partial charge in [-0.2, -0.15) is 0 Å². The zero-order valence-electron chi connectivity index (χ0n) is 13.6. The second-order valence-electron chi connectivity index (χ2n) is 4.88. The summed E-state index contributed by atoms with van der Waals surface area (Å²) in [5, 5.41) is 0. The third-order valence-electron chi connectivity index (χ3n) is 3.14. The van der Waals surface area contributed by atoms with E-state index in [-0.39, 0.29) is 26.3 Å². The van der Waals surface area contributed by atoms with Crippen LogP contribution in [-0.4, -0.2) is 39.6 Å². The van der Waals surface area contributed by atoms with Crippen LogP contribution < -0.4 is 17.1 Å². The van der Waals surface area contributed by atoms with Crippen LogP contribution in [0.2, 0.25) is 0 Å². The van der Waals surface area contributed by atoms with Gasteiger partial charge in [0.15, 0.2) is 0 Å². The van der Waals surface area contributed by atoms with Gasteiger partial charge in [0.1, 0.15) is 12.7 Å². The predicted octanol–water partition coefficient (Wildman–Crippen LogP) is -0.884. The van der Waals surface area contributed by atoms with Gasteiger partial charge in [-0.25, -0.2) is 28.1 Å². The number of nitrogens with zero attached hydrogens (tertiary/aromatic N) is 3. The molecule has 0 aliphatic carbocycles. The fourth-order valence-corrected chi connectivity index (χ4v) is 2.00. The molecule has 1 rings (SSSR count). The molecule has 1 aromatic heterocycles. The van der Waals surface area contributed by atoms with Gasteiger partial charge in [0.2, 0.25) is 0 Å². The van der Waals surface area contributed by atoms with Crippen molar-refractivity contribution in [2.45, 2.75) is 19.2 Å². The third kappa shape index (κ3) is 4.68. The normalized spacial score (nSPS) is 11.7. The Bertz CT molecular complexity index is 794.